The van der Waals surface area contributed by atoms with Gasteiger partial charge in [0.15, 0.2) is 0 Å². The Morgan fingerprint density at radius 1 is 1.42 bits per heavy atom. The lowest BCUT2D eigenvalue weighted by molar-refractivity contribution is 0.310. The fourth-order valence-corrected chi connectivity index (χ4v) is 3.70. The molecule has 1 aliphatic rings. The maximum Gasteiger partial charge on any atom is 0.0712 e. The summed E-state index contributed by atoms with van der Waals surface area (Å²) >= 11 is 3.64. The number of hydrogen-bond donors (Lipinski definition) is 2. The molecule has 0 amide bonds. The first-order valence-electron chi connectivity index (χ1n) is 7.45. The Morgan fingerprint density at radius 3 is 2.68 bits per heavy atom. The molecule has 1 aromatic rings. The predicted octanol–water partition coefficient (Wildman–Crippen LogP) is 3.53. The minimum absolute atomic E-state index is 0.210. The smallest absolute Gasteiger partial charge is 0.0712 e. The average Bonchev–Trinajstić information content (AvgIpc) is 2.65. The maximum atomic E-state index is 5.87. The van der Waals surface area contributed by atoms with Gasteiger partial charge in [0, 0.05) is 6.54 Å². The van der Waals surface area contributed by atoms with Crippen molar-refractivity contribution in [1.29, 1.82) is 0 Å². The Balaban J connectivity index is 2.22. The summed E-state index contributed by atoms with van der Waals surface area (Å²) in [5, 5.41) is 4.47. The third kappa shape index (κ3) is 3.58. The Hall–Kier alpha value is -0.390. The molecular formula is C14H25BrN4. The first kappa shape index (κ1) is 15.0. The third-order valence-electron chi connectivity index (χ3n) is 4.11. The van der Waals surface area contributed by atoms with Crippen molar-refractivity contribution in [1.82, 2.24) is 15.2 Å². The molecule has 1 aromatic heterocycles. The fourth-order valence-electron chi connectivity index (χ4n) is 3.15. The van der Waals surface area contributed by atoms with Crippen LogP contribution in [0.2, 0.25) is 0 Å². The molecule has 5 heteroatoms. The molecule has 3 N–H and O–H groups in total. The van der Waals surface area contributed by atoms with E-state index in [0.29, 0.717) is 5.92 Å². The Labute approximate surface area is 124 Å². The summed E-state index contributed by atoms with van der Waals surface area (Å²) in [5.41, 5.74) is 4.27. The molecule has 1 saturated carbocycles. The van der Waals surface area contributed by atoms with Gasteiger partial charge in [-0.3, -0.25) is 16.0 Å². The summed E-state index contributed by atoms with van der Waals surface area (Å²) in [7, 11) is 0. The SMILES string of the molecule is CCCn1ncc(Br)c1C(NN)C1CCCCCC1. The molecule has 0 radical (unpaired) electrons. The molecule has 1 heterocycles. The van der Waals surface area contributed by atoms with Crippen molar-refractivity contribution < 1.29 is 0 Å². The molecule has 19 heavy (non-hydrogen) atoms. The van der Waals surface area contributed by atoms with Crippen molar-refractivity contribution in [2.45, 2.75) is 64.5 Å². The van der Waals surface area contributed by atoms with Crippen LogP contribution in [0.15, 0.2) is 10.7 Å². The molecule has 108 valence electrons. The van der Waals surface area contributed by atoms with E-state index in [0.717, 1.165) is 17.4 Å². The quantitative estimate of drug-likeness (QED) is 0.494. The van der Waals surface area contributed by atoms with E-state index < -0.39 is 0 Å². The van der Waals surface area contributed by atoms with Crippen molar-refractivity contribution in [2.24, 2.45) is 11.8 Å². The number of aryl methyl sites for hydroxylation is 1. The van der Waals surface area contributed by atoms with Gasteiger partial charge in [-0.1, -0.05) is 32.6 Å². The Kier molecular flexibility index (Phi) is 5.85. The minimum atomic E-state index is 0.210. The number of nitrogens with one attached hydrogen (secondary N) is 1. The Morgan fingerprint density at radius 2 is 2.11 bits per heavy atom. The molecule has 0 spiro atoms. The topological polar surface area (TPSA) is 55.9 Å². The molecule has 2 rings (SSSR count). The lowest BCUT2D eigenvalue weighted by atomic mass is 9.90. The number of nitrogens with zero attached hydrogens (tertiary/aromatic N) is 2. The first-order chi connectivity index (χ1) is 9.27. The molecule has 4 nitrogen and oxygen atoms in total. The van der Waals surface area contributed by atoms with Crippen LogP contribution in [0, 0.1) is 5.92 Å². The summed E-state index contributed by atoms with van der Waals surface area (Å²) in [6, 6.07) is 0.210. The molecule has 0 bridgehead atoms. The maximum absolute atomic E-state index is 5.87. The van der Waals surface area contributed by atoms with Crippen molar-refractivity contribution in [2.75, 3.05) is 0 Å². The normalized spacial score (nSPS) is 19.3. The zero-order valence-electron chi connectivity index (χ0n) is 11.7. The molecule has 1 unspecified atom stereocenters. The summed E-state index contributed by atoms with van der Waals surface area (Å²) in [6.07, 6.45) is 10.9. The van der Waals surface area contributed by atoms with Crippen molar-refractivity contribution >= 4 is 15.9 Å². The second-order valence-corrected chi connectivity index (χ2v) is 6.35. The van der Waals surface area contributed by atoms with Crippen molar-refractivity contribution in [3.8, 4) is 0 Å². The van der Waals surface area contributed by atoms with Gasteiger partial charge < -0.3 is 0 Å². The molecular weight excluding hydrogens is 304 g/mol. The van der Waals surface area contributed by atoms with Gasteiger partial charge in [0.05, 0.1) is 22.4 Å². The second-order valence-electron chi connectivity index (χ2n) is 5.50. The molecule has 1 fully saturated rings. The van der Waals surface area contributed by atoms with E-state index in [4.69, 9.17) is 5.84 Å². The van der Waals surface area contributed by atoms with E-state index in [1.165, 1.54) is 44.2 Å². The van der Waals surface area contributed by atoms with Crippen LogP contribution in [0.4, 0.5) is 0 Å². The zero-order valence-corrected chi connectivity index (χ0v) is 13.3. The zero-order chi connectivity index (χ0) is 13.7. The van der Waals surface area contributed by atoms with Gasteiger partial charge in [0.25, 0.3) is 0 Å². The van der Waals surface area contributed by atoms with Crippen LogP contribution in [-0.2, 0) is 6.54 Å². The average molecular weight is 329 g/mol. The van der Waals surface area contributed by atoms with Gasteiger partial charge in [-0.2, -0.15) is 5.10 Å². The number of halogens is 1. The van der Waals surface area contributed by atoms with Crippen LogP contribution in [-0.4, -0.2) is 9.78 Å². The number of nitrogens with two attached hydrogens (primary N) is 1. The highest BCUT2D eigenvalue weighted by Gasteiger charge is 2.27. The van der Waals surface area contributed by atoms with Crippen LogP contribution < -0.4 is 11.3 Å². The highest BCUT2D eigenvalue weighted by atomic mass is 79.9. The lowest BCUT2D eigenvalue weighted by Crippen LogP contribution is -2.35. The second kappa shape index (κ2) is 7.41. The van der Waals surface area contributed by atoms with Crippen molar-refractivity contribution in [3.05, 3.63) is 16.4 Å². The van der Waals surface area contributed by atoms with Gasteiger partial charge in [0.2, 0.25) is 0 Å². The summed E-state index contributed by atoms with van der Waals surface area (Å²) in [5.74, 6) is 6.49. The molecule has 1 aliphatic carbocycles. The summed E-state index contributed by atoms with van der Waals surface area (Å²) < 4.78 is 3.17. The van der Waals surface area contributed by atoms with Gasteiger partial charge in [-0.25, -0.2) is 0 Å². The van der Waals surface area contributed by atoms with Crippen molar-refractivity contribution in [3.63, 3.8) is 0 Å². The van der Waals surface area contributed by atoms with E-state index >= 15 is 0 Å². The lowest BCUT2D eigenvalue weighted by Gasteiger charge is -2.26. The molecule has 0 aromatic carbocycles. The fraction of sp³-hybridized carbons (Fsp3) is 0.786. The van der Waals surface area contributed by atoms with E-state index in [1.807, 2.05) is 6.20 Å². The van der Waals surface area contributed by atoms with Gasteiger partial charge >= 0.3 is 0 Å². The van der Waals surface area contributed by atoms with E-state index in [2.05, 4.69) is 38.1 Å². The largest absolute Gasteiger partial charge is 0.271 e. The minimum Gasteiger partial charge on any atom is -0.271 e. The number of aromatic nitrogens is 2. The standard InChI is InChI=1S/C14H25BrN4/c1-2-9-19-14(12(15)10-17-19)13(18-16)11-7-5-3-4-6-8-11/h10-11,13,18H,2-9,16H2,1H3. The van der Waals surface area contributed by atoms with Gasteiger partial charge in [-0.15, -0.1) is 0 Å². The highest BCUT2D eigenvalue weighted by molar-refractivity contribution is 9.10. The van der Waals surface area contributed by atoms with Crippen LogP contribution in [0.25, 0.3) is 0 Å². The number of rotatable bonds is 5. The summed E-state index contributed by atoms with van der Waals surface area (Å²) in [4.78, 5) is 0. The van der Waals surface area contributed by atoms with E-state index in [1.54, 1.807) is 0 Å². The van der Waals surface area contributed by atoms with Gasteiger partial charge in [0.1, 0.15) is 0 Å². The van der Waals surface area contributed by atoms with Crippen LogP contribution >= 0.6 is 15.9 Å². The van der Waals surface area contributed by atoms with E-state index in [-0.39, 0.29) is 6.04 Å². The predicted molar refractivity (Wildman–Crippen MR) is 81.5 cm³/mol. The molecule has 0 saturated heterocycles. The van der Waals surface area contributed by atoms with Crippen LogP contribution in [0.1, 0.15) is 63.6 Å². The van der Waals surface area contributed by atoms with Crippen LogP contribution in [0.5, 0.6) is 0 Å². The number of hydrazine groups is 1. The highest BCUT2D eigenvalue weighted by Crippen LogP contribution is 2.36. The Bertz CT molecular complexity index is 383. The molecule has 1 atom stereocenters. The first-order valence-corrected chi connectivity index (χ1v) is 8.24. The van der Waals surface area contributed by atoms with Gasteiger partial charge in [-0.05, 0) is 41.1 Å². The van der Waals surface area contributed by atoms with Crippen LogP contribution in [0.3, 0.4) is 0 Å². The monoisotopic (exact) mass is 328 g/mol. The summed E-state index contributed by atoms with van der Waals surface area (Å²) in [6.45, 7) is 3.13. The molecule has 0 aliphatic heterocycles. The number of hydrogen-bond acceptors (Lipinski definition) is 3. The third-order valence-corrected chi connectivity index (χ3v) is 4.73. The van der Waals surface area contributed by atoms with E-state index in [9.17, 15) is 0 Å².